The Kier molecular flexibility index (Phi) is 2.14. The summed E-state index contributed by atoms with van der Waals surface area (Å²) in [4.78, 5) is 17.3. The van der Waals surface area contributed by atoms with Crippen LogP contribution in [0.4, 0.5) is 0 Å². The number of benzene rings is 1. The number of hydroxylamine groups is 1. The van der Waals surface area contributed by atoms with Gasteiger partial charge in [-0.1, -0.05) is 18.2 Å². The van der Waals surface area contributed by atoms with Crippen molar-refractivity contribution in [1.29, 1.82) is 0 Å². The second-order valence-corrected chi connectivity index (χ2v) is 5.43. The van der Waals surface area contributed by atoms with Gasteiger partial charge in [0.25, 0.3) is 5.91 Å². The van der Waals surface area contributed by atoms with Crippen molar-refractivity contribution in [2.45, 2.75) is 25.0 Å². The minimum atomic E-state index is -0.0447. The van der Waals surface area contributed by atoms with Gasteiger partial charge >= 0.3 is 0 Å². The molecule has 2 aliphatic heterocycles. The van der Waals surface area contributed by atoms with Gasteiger partial charge in [0.2, 0.25) is 0 Å². The van der Waals surface area contributed by atoms with Crippen molar-refractivity contribution in [3.8, 4) is 5.75 Å². The van der Waals surface area contributed by atoms with Gasteiger partial charge in [0.15, 0.2) is 5.75 Å². The fourth-order valence-corrected chi connectivity index (χ4v) is 3.38. The van der Waals surface area contributed by atoms with Gasteiger partial charge in [0, 0.05) is 0 Å². The van der Waals surface area contributed by atoms with Crippen molar-refractivity contribution in [3.05, 3.63) is 30.3 Å². The number of hydrogen-bond donors (Lipinski definition) is 1. The van der Waals surface area contributed by atoms with Crippen LogP contribution in [-0.4, -0.2) is 18.1 Å². The number of carbonyl (C=O) groups is 1. The molecule has 2 bridgehead atoms. The summed E-state index contributed by atoms with van der Waals surface area (Å²) >= 11 is 0. The average Bonchev–Trinajstić information content (AvgIpc) is 3.02. The maximum atomic E-state index is 12.1. The van der Waals surface area contributed by atoms with E-state index in [0.29, 0.717) is 17.8 Å². The zero-order valence-electron chi connectivity index (χ0n) is 9.91. The standard InChI is InChI=1S/C14H15NO3/c16-14(15-18-8-4-2-1-3-5-8)11-7-12-9-6-10(9)13(11)17-12/h1-5,9-13H,6-7H2,(H,15,16)/t9-,10+,11-,12+,13+/m1/s1. The zero-order valence-corrected chi connectivity index (χ0v) is 9.91. The third kappa shape index (κ3) is 1.52. The Morgan fingerprint density at radius 2 is 2.06 bits per heavy atom. The molecule has 1 aliphatic carbocycles. The summed E-state index contributed by atoms with van der Waals surface area (Å²) in [7, 11) is 0. The number of fused-ring (bicyclic) bond motifs is 5. The van der Waals surface area contributed by atoms with Crippen molar-refractivity contribution in [2.75, 3.05) is 0 Å². The molecule has 4 heteroatoms. The van der Waals surface area contributed by atoms with Crippen molar-refractivity contribution >= 4 is 5.91 Å². The molecule has 0 unspecified atom stereocenters. The highest BCUT2D eigenvalue weighted by molar-refractivity contribution is 5.79. The van der Waals surface area contributed by atoms with Crippen molar-refractivity contribution < 1.29 is 14.4 Å². The van der Waals surface area contributed by atoms with Gasteiger partial charge in [0.1, 0.15) is 0 Å². The summed E-state index contributed by atoms with van der Waals surface area (Å²) in [6.45, 7) is 0. The van der Waals surface area contributed by atoms with E-state index in [1.807, 2.05) is 30.3 Å². The summed E-state index contributed by atoms with van der Waals surface area (Å²) in [5.41, 5.74) is 2.55. The van der Waals surface area contributed by atoms with Crippen LogP contribution in [0.1, 0.15) is 12.8 Å². The summed E-state index contributed by atoms with van der Waals surface area (Å²) in [5.74, 6) is 1.96. The van der Waals surface area contributed by atoms with Crippen molar-refractivity contribution in [2.24, 2.45) is 17.8 Å². The lowest BCUT2D eigenvalue weighted by atomic mass is 9.89. The maximum Gasteiger partial charge on any atom is 0.258 e. The first-order valence-corrected chi connectivity index (χ1v) is 6.50. The van der Waals surface area contributed by atoms with Crippen LogP contribution in [-0.2, 0) is 9.53 Å². The Morgan fingerprint density at radius 3 is 2.78 bits per heavy atom. The van der Waals surface area contributed by atoms with Crippen molar-refractivity contribution in [1.82, 2.24) is 5.48 Å². The molecule has 1 N–H and O–H groups in total. The lowest BCUT2D eigenvalue weighted by Gasteiger charge is -2.17. The first-order valence-electron chi connectivity index (χ1n) is 6.50. The molecule has 4 nitrogen and oxygen atoms in total. The highest BCUT2D eigenvalue weighted by Gasteiger charge is 2.64. The van der Waals surface area contributed by atoms with E-state index in [9.17, 15) is 4.79 Å². The Morgan fingerprint density at radius 1 is 1.22 bits per heavy atom. The molecule has 94 valence electrons. The Labute approximate surface area is 105 Å². The van der Waals surface area contributed by atoms with E-state index < -0.39 is 0 Å². The second kappa shape index (κ2) is 3.72. The molecule has 18 heavy (non-hydrogen) atoms. The molecular weight excluding hydrogens is 230 g/mol. The monoisotopic (exact) mass is 245 g/mol. The Bertz CT molecular complexity index is 475. The molecule has 0 spiro atoms. The van der Waals surface area contributed by atoms with E-state index in [-0.39, 0.29) is 17.9 Å². The molecule has 1 saturated carbocycles. The number of nitrogens with one attached hydrogen (secondary N) is 1. The van der Waals surface area contributed by atoms with Crippen LogP contribution >= 0.6 is 0 Å². The summed E-state index contributed by atoms with van der Waals surface area (Å²) in [5, 5.41) is 0. The highest BCUT2D eigenvalue weighted by atomic mass is 16.7. The van der Waals surface area contributed by atoms with Crippen LogP contribution < -0.4 is 10.3 Å². The maximum absolute atomic E-state index is 12.1. The number of rotatable bonds is 3. The number of amides is 1. The summed E-state index contributed by atoms with van der Waals surface area (Å²) < 4.78 is 5.80. The van der Waals surface area contributed by atoms with Gasteiger partial charge in [0.05, 0.1) is 18.1 Å². The molecule has 3 fully saturated rings. The molecule has 1 aromatic rings. The number of carbonyl (C=O) groups excluding carboxylic acids is 1. The van der Waals surface area contributed by atoms with Gasteiger partial charge in [-0.25, -0.2) is 0 Å². The van der Waals surface area contributed by atoms with Crippen LogP contribution in [0, 0.1) is 17.8 Å². The van der Waals surface area contributed by atoms with Crippen LogP contribution in [0.15, 0.2) is 30.3 Å². The third-order valence-electron chi connectivity index (χ3n) is 4.35. The fourth-order valence-electron chi connectivity index (χ4n) is 3.38. The second-order valence-electron chi connectivity index (χ2n) is 5.43. The van der Waals surface area contributed by atoms with Crippen LogP contribution in [0.2, 0.25) is 0 Å². The molecule has 1 amide bonds. The molecule has 0 radical (unpaired) electrons. The van der Waals surface area contributed by atoms with E-state index in [1.54, 1.807) is 0 Å². The van der Waals surface area contributed by atoms with Gasteiger partial charge < -0.3 is 9.57 Å². The number of ether oxygens (including phenoxy) is 1. The van der Waals surface area contributed by atoms with E-state index in [4.69, 9.17) is 9.57 Å². The predicted molar refractivity (Wildman–Crippen MR) is 63.6 cm³/mol. The third-order valence-corrected chi connectivity index (χ3v) is 4.35. The van der Waals surface area contributed by atoms with Crippen molar-refractivity contribution in [3.63, 3.8) is 0 Å². The normalized spacial score (nSPS) is 39.2. The van der Waals surface area contributed by atoms with E-state index in [2.05, 4.69) is 5.48 Å². The molecule has 1 aromatic carbocycles. The fraction of sp³-hybridized carbons (Fsp3) is 0.500. The number of para-hydroxylation sites is 1. The predicted octanol–water partition coefficient (Wildman–Crippen LogP) is 1.52. The zero-order chi connectivity index (χ0) is 12.1. The minimum Gasteiger partial charge on any atom is -0.380 e. The Balaban J connectivity index is 1.37. The lowest BCUT2D eigenvalue weighted by molar-refractivity contribution is -0.133. The van der Waals surface area contributed by atoms with Crippen LogP contribution in [0.3, 0.4) is 0 Å². The van der Waals surface area contributed by atoms with Crippen LogP contribution in [0.5, 0.6) is 5.75 Å². The van der Waals surface area contributed by atoms with Gasteiger partial charge in [-0.3, -0.25) is 4.79 Å². The van der Waals surface area contributed by atoms with Crippen LogP contribution in [0.25, 0.3) is 0 Å². The molecule has 4 rings (SSSR count). The summed E-state index contributed by atoms with van der Waals surface area (Å²) in [6.07, 6.45) is 2.57. The molecule has 2 heterocycles. The van der Waals surface area contributed by atoms with Gasteiger partial charge in [-0.05, 0) is 36.8 Å². The molecule has 2 saturated heterocycles. The minimum absolute atomic E-state index is 0.0255. The first kappa shape index (κ1) is 10.4. The van der Waals surface area contributed by atoms with Gasteiger partial charge in [-0.15, -0.1) is 0 Å². The van der Waals surface area contributed by atoms with E-state index >= 15 is 0 Å². The van der Waals surface area contributed by atoms with E-state index in [1.165, 1.54) is 6.42 Å². The molecular formula is C14H15NO3. The number of hydrogen-bond acceptors (Lipinski definition) is 3. The quantitative estimate of drug-likeness (QED) is 0.821. The SMILES string of the molecule is O=C(NOc1ccccc1)[C@@H]1C[C@@H]2O[C@H]1[C@H]1C[C@H]12. The average molecular weight is 245 g/mol. The van der Waals surface area contributed by atoms with Gasteiger partial charge in [-0.2, -0.15) is 5.48 Å². The Hall–Kier alpha value is -1.55. The molecule has 0 aromatic heterocycles. The smallest absolute Gasteiger partial charge is 0.258 e. The lowest BCUT2D eigenvalue weighted by Crippen LogP contribution is -2.38. The van der Waals surface area contributed by atoms with E-state index in [0.717, 1.165) is 12.3 Å². The highest BCUT2D eigenvalue weighted by Crippen LogP contribution is 2.60. The summed E-state index contributed by atoms with van der Waals surface area (Å²) in [6, 6.07) is 9.28. The topological polar surface area (TPSA) is 47.6 Å². The first-order chi connectivity index (χ1) is 8.83. The molecule has 3 aliphatic rings. The largest absolute Gasteiger partial charge is 0.380 e. The molecule has 5 atom stereocenters.